The van der Waals surface area contributed by atoms with E-state index in [4.69, 9.17) is 16.4 Å². The van der Waals surface area contributed by atoms with E-state index in [9.17, 15) is 18.0 Å². The van der Waals surface area contributed by atoms with Crippen LogP contribution in [0.4, 0.5) is 5.69 Å². The summed E-state index contributed by atoms with van der Waals surface area (Å²) >= 11 is 0. The van der Waals surface area contributed by atoms with Crippen molar-refractivity contribution < 1.29 is 18.0 Å². The van der Waals surface area contributed by atoms with Crippen molar-refractivity contribution in [3.8, 4) is 0 Å². The number of anilines is 1. The first-order valence-corrected chi connectivity index (χ1v) is 8.19. The van der Waals surface area contributed by atoms with E-state index in [2.05, 4.69) is 0 Å². The minimum atomic E-state index is -4.26. The van der Waals surface area contributed by atoms with Gasteiger partial charge in [-0.2, -0.15) is 0 Å². The molecule has 2 aromatic carbocycles. The van der Waals surface area contributed by atoms with Gasteiger partial charge in [0.05, 0.1) is 11.3 Å². The van der Waals surface area contributed by atoms with Crippen LogP contribution in [0.1, 0.15) is 31.8 Å². The molecule has 0 saturated heterocycles. The molecule has 0 atom stereocenters. The minimum Gasteiger partial charge on any atom is -0.398 e. The molecule has 0 bridgehead atoms. The lowest BCUT2D eigenvalue weighted by Crippen LogP contribution is -2.23. The van der Waals surface area contributed by atoms with Gasteiger partial charge in [0.1, 0.15) is 4.90 Å². The van der Waals surface area contributed by atoms with E-state index >= 15 is 0 Å². The zero-order valence-corrected chi connectivity index (χ0v) is 12.0. The second kappa shape index (κ2) is 4.41. The summed E-state index contributed by atoms with van der Waals surface area (Å²) in [6, 6.07) is 8.80. The van der Waals surface area contributed by atoms with Crippen LogP contribution in [-0.4, -0.2) is 20.0 Å². The number of rotatable bonds is 1. The van der Waals surface area contributed by atoms with Crippen molar-refractivity contribution in [2.45, 2.75) is 4.90 Å². The fourth-order valence-electron chi connectivity index (χ4n) is 2.43. The number of nitrogen functional groups attached to an aromatic ring is 1. The highest BCUT2D eigenvalue weighted by Crippen LogP contribution is 2.35. The van der Waals surface area contributed by atoms with Gasteiger partial charge in [-0.15, -0.1) is 0 Å². The Hall–Kier alpha value is -2.18. The Morgan fingerprint density at radius 2 is 1.43 bits per heavy atom. The Kier molecular flexibility index (Phi) is 2.89. The second-order valence-electron chi connectivity index (χ2n) is 4.55. The molecule has 0 saturated carbocycles. The molecule has 0 amide bonds. The van der Waals surface area contributed by atoms with Crippen LogP contribution in [0.2, 0.25) is 0 Å². The molecule has 0 fully saturated rings. The van der Waals surface area contributed by atoms with E-state index in [1.54, 1.807) is 12.1 Å². The average Bonchev–Trinajstić information content (AvgIpc) is 2.43. The van der Waals surface area contributed by atoms with Gasteiger partial charge in [-0.1, -0.05) is 24.3 Å². The fourth-order valence-corrected chi connectivity index (χ4v) is 3.73. The zero-order chi connectivity index (χ0) is 15.4. The van der Waals surface area contributed by atoms with Crippen molar-refractivity contribution >= 4 is 37.0 Å². The summed E-state index contributed by atoms with van der Waals surface area (Å²) in [7, 11) is 1.11. The predicted molar refractivity (Wildman–Crippen MR) is 77.2 cm³/mol. The van der Waals surface area contributed by atoms with Gasteiger partial charge < -0.3 is 5.73 Å². The first kappa shape index (κ1) is 13.8. The second-order valence-corrected chi connectivity index (χ2v) is 7.05. The number of carbonyl (C=O) groups is 2. The van der Waals surface area contributed by atoms with Crippen LogP contribution in [0.25, 0.3) is 0 Å². The number of nitrogens with two attached hydrogens (primary N) is 1. The molecule has 0 heterocycles. The maximum absolute atomic E-state index is 12.5. The highest BCUT2D eigenvalue weighted by Gasteiger charge is 2.35. The van der Waals surface area contributed by atoms with Crippen LogP contribution in [-0.2, 0) is 9.05 Å². The van der Waals surface area contributed by atoms with Gasteiger partial charge in [0.15, 0.2) is 11.6 Å². The maximum atomic E-state index is 12.5. The van der Waals surface area contributed by atoms with Gasteiger partial charge in [-0.25, -0.2) is 8.42 Å². The molecule has 0 aromatic heterocycles. The van der Waals surface area contributed by atoms with E-state index in [0.29, 0.717) is 0 Å². The Morgan fingerprint density at radius 1 is 0.857 bits per heavy atom. The first-order valence-electron chi connectivity index (χ1n) is 5.88. The van der Waals surface area contributed by atoms with Gasteiger partial charge in [0.2, 0.25) is 0 Å². The van der Waals surface area contributed by atoms with Crippen molar-refractivity contribution in [3.05, 3.63) is 58.7 Å². The number of benzene rings is 2. The third-order valence-electron chi connectivity index (χ3n) is 3.32. The number of ketones is 2. The summed E-state index contributed by atoms with van der Waals surface area (Å²) in [4.78, 5) is 24.5. The number of hydrogen-bond acceptors (Lipinski definition) is 5. The molecule has 2 aromatic rings. The molecule has 7 heteroatoms. The van der Waals surface area contributed by atoms with E-state index in [1.807, 2.05) is 0 Å². The largest absolute Gasteiger partial charge is 0.398 e. The number of halogens is 1. The Balaban J connectivity index is 2.45. The number of fused-ring (bicyclic) bond motifs is 2. The lowest BCUT2D eigenvalue weighted by molar-refractivity contribution is 0.0977. The van der Waals surface area contributed by atoms with Gasteiger partial charge >= 0.3 is 0 Å². The van der Waals surface area contributed by atoms with E-state index in [-0.39, 0.29) is 27.9 Å². The Morgan fingerprint density at radius 3 is 2.00 bits per heavy atom. The molecule has 5 nitrogen and oxygen atoms in total. The number of carbonyl (C=O) groups excluding carboxylic acids is 2. The highest BCUT2D eigenvalue weighted by atomic mass is 35.7. The molecule has 3 rings (SSSR count). The molecule has 0 spiro atoms. The maximum Gasteiger partial charge on any atom is 0.264 e. The smallest absolute Gasteiger partial charge is 0.264 e. The zero-order valence-electron chi connectivity index (χ0n) is 10.5. The molecule has 1 aliphatic rings. The third-order valence-corrected chi connectivity index (χ3v) is 4.71. The molecule has 106 valence electrons. The molecular weight excluding hydrogens is 314 g/mol. The molecule has 1 aliphatic carbocycles. The van der Waals surface area contributed by atoms with Gasteiger partial charge in [0.25, 0.3) is 9.05 Å². The fraction of sp³-hybridized carbons (Fsp3) is 0. The van der Waals surface area contributed by atoms with E-state index in [0.717, 1.165) is 0 Å². The quantitative estimate of drug-likeness (QED) is 0.546. The number of hydrogen-bond donors (Lipinski definition) is 1. The molecule has 0 aliphatic heterocycles. The first-order chi connectivity index (χ1) is 9.82. The summed E-state index contributed by atoms with van der Waals surface area (Å²) in [6.45, 7) is 0. The van der Waals surface area contributed by atoms with Crippen molar-refractivity contribution in [1.29, 1.82) is 0 Å². The molecule has 0 unspecified atom stereocenters. The van der Waals surface area contributed by atoms with Crippen LogP contribution in [0.5, 0.6) is 0 Å². The predicted octanol–water partition coefficient (Wildman–Crippen LogP) is 1.97. The van der Waals surface area contributed by atoms with Crippen LogP contribution >= 0.6 is 10.7 Å². The minimum absolute atomic E-state index is 0.00729. The Bertz CT molecular complexity index is 919. The van der Waals surface area contributed by atoms with Crippen LogP contribution < -0.4 is 5.73 Å². The molecule has 2 N–H and O–H groups in total. The van der Waals surface area contributed by atoms with Crippen LogP contribution in [0, 0.1) is 0 Å². The lowest BCUT2D eigenvalue weighted by Gasteiger charge is -2.19. The average molecular weight is 322 g/mol. The summed E-state index contributed by atoms with van der Waals surface area (Å²) < 4.78 is 23.4. The summed E-state index contributed by atoms with van der Waals surface area (Å²) in [6.07, 6.45) is 0. The van der Waals surface area contributed by atoms with Crippen LogP contribution in [0.15, 0.2) is 41.3 Å². The van der Waals surface area contributed by atoms with Gasteiger partial charge in [-0.05, 0) is 12.1 Å². The Labute approximate surface area is 124 Å². The normalized spacial score (nSPS) is 13.8. The SMILES string of the molecule is Nc1ccc2c(c1S(=O)(=O)Cl)C(=O)c1ccccc1C2=O. The molecule has 0 radical (unpaired) electrons. The van der Waals surface area contributed by atoms with Gasteiger partial charge in [0, 0.05) is 27.4 Å². The molecular formula is C14H8ClNO4S. The van der Waals surface area contributed by atoms with Crippen molar-refractivity contribution in [2.75, 3.05) is 5.73 Å². The standard InChI is InChI=1S/C14H8ClNO4S/c15-21(19,20)14-10(16)6-5-9-11(14)13(18)8-4-2-1-3-7(8)12(9)17/h1-6H,16H2. The summed E-state index contributed by atoms with van der Waals surface area (Å²) in [5, 5.41) is 0. The third kappa shape index (κ3) is 1.95. The van der Waals surface area contributed by atoms with Crippen molar-refractivity contribution in [3.63, 3.8) is 0 Å². The summed E-state index contributed by atoms with van der Waals surface area (Å²) in [5.41, 5.74) is 5.58. The highest BCUT2D eigenvalue weighted by molar-refractivity contribution is 8.14. The van der Waals surface area contributed by atoms with E-state index < -0.39 is 25.5 Å². The summed E-state index contributed by atoms with van der Waals surface area (Å²) in [5.74, 6) is -1.01. The van der Waals surface area contributed by atoms with Crippen LogP contribution in [0.3, 0.4) is 0 Å². The van der Waals surface area contributed by atoms with E-state index in [1.165, 1.54) is 24.3 Å². The van der Waals surface area contributed by atoms with Crippen molar-refractivity contribution in [2.24, 2.45) is 0 Å². The lowest BCUT2D eigenvalue weighted by atomic mass is 9.84. The topological polar surface area (TPSA) is 94.3 Å². The van der Waals surface area contributed by atoms with Crippen molar-refractivity contribution in [1.82, 2.24) is 0 Å². The molecule has 21 heavy (non-hydrogen) atoms. The van der Waals surface area contributed by atoms with Gasteiger partial charge in [-0.3, -0.25) is 9.59 Å². The monoisotopic (exact) mass is 321 g/mol.